The summed E-state index contributed by atoms with van der Waals surface area (Å²) in [6.07, 6.45) is -1.53. The Bertz CT molecular complexity index is 1320. The first-order valence-corrected chi connectivity index (χ1v) is 13.8. The molecular formula is C31H35F3N4O3. The largest absolute Gasteiger partial charge is 0.416 e. The highest BCUT2D eigenvalue weighted by molar-refractivity contribution is 6.03. The van der Waals surface area contributed by atoms with Gasteiger partial charge in [-0.25, -0.2) is 4.79 Å². The molecule has 0 aromatic heterocycles. The smallest absolute Gasteiger partial charge is 0.341 e. The molecule has 218 valence electrons. The van der Waals surface area contributed by atoms with Gasteiger partial charge in [-0.05, 0) is 30.0 Å². The van der Waals surface area contributed by atoms with Crippen LogP contribution < -0.4 is 5.32 Å². The van der Waals surface area contributed by atoms with Crippen molar-refractivity contribution in [3.05, 3.63) is 95.2 Å². The van der Waals surface area contributed by atoms with Gasteiger partial charge >= 0.3 is 12.2 Å². The monoisotopic (exact) mass is 568 g/mol. The summed E-state index contributed by atoms with van der Waals surface area (Å²) in [7, 11) is 0. The van der Waals surface area contributed by atoms with Crippen LogP contribution in [0, 0.1) is 0 Å². The lowest BCUT2D eigenvalue weighted by Crippen LogP contribution is -2.51. The van der Waals surface area contributed by atoms with E-state index in [-0.39, 0.29) is 42.3 Å². The highest BCUT2D eigenvalue weighted by Crippen LogP contribution is 2.42. The molecule has 10 heteroatoms. The second-order valence-electron chi connectivity index (χ2n) is 10.2. The molecule has 0 spiro atoms. The van der Waals surface area contributed by atoms with Gasteiger partial charge in [0.05, 0.1) is 29.4 Å². The lowest BCUT2D eigenvalue weighted by Gasteiger charge is -2.34. The van der Waals surface area contributed by atoms with E-state index in [2.05, 4.69) is 11.9 Å². The maximum absolute atomic E-state index is 14.2. The molecule has 0 bridgehead atoms. The minimum absolute atomic E-state index is 0.0338. The minimum atomic E-state index is -4.70. The number of amides is 4. The van der Waals surface area contributed by atoms with Crippen molar-refractivity contribution in [3.8, 4) is 0 Å². The van der Waals surface area contributed by atoms with Gasteiger partial charge in [0.2, 0.25) is 5.91 Å². The van der Waals surface area contributed by atoms with Crippen LogP contribution in [0.4, 0.5) is 18.0 Å². The number of hydrogen-bond donors (Lipinski definition) is 1. The van der Waals surface area contributed by atoms with Crippen molar-refractivity contribution in [1.82, 2.24) is 20.0 Å². The fourth-order valence-corrected chi connectivity index (χ4v) is 5.58. The molecule has 0 saturated carbocycles. The van der Waals surface area contributed by atoms with Crippen LogP contribution >= 0.6 is 0 Å². The van der Waals surface area contributed by atoms with Crippen molar-refractivity contribution in [3.63, 3.8) is 0 Å². The molecule has 1 N–H and O–H groups in total. The van der Waals surface area contributed by atoms with Crippen LogP contribution in [0.25, 0.3) is 0 Å². The predicted molar refractivity (Wildman–Crippen MR) is 149 cm³/mol. The number of hydrogen-bond acceptors (Lipinski definition) is 3. The van der Waals surface area contributed by atoms with Crippen LogP contribution in [-0.2, 0) is 22.2 Å². The lowest BCUT2D eigenvalue weighted by atomic mass is 9.91. The minimum Gasteiger partial charge on any atom is -0.341 e. The van der Waals surface area contributed by atoms with Crippen molar-refractivity contribution >= 4 is 17.8 Å². The number of carbonyl (C=O) groups excluding carboxylic acids is 3. The highest BCUT2D eigenvalue weighted by atomic mass is 19.4. The first-order chi connectivity index (χ1) is 19.6. The molecule has 4 rings (SSSR count). The second-order valence-corrected chi connectivity index (χ2v) is 10.2. The highest BCUT2D eigenvalue weighted by Gasteiger charge is 2.49. The summed E-state index contributed by atoms with van der Waals surface area (Å²) in [5.41, 5.74) is -0.00321. The topological polar surface area (TPSA) is 73.0 Å². The average Bonchev–Trinajstić information content (AvgIpc) is 3.29. The summed E-state index contributed by atoms with van der Waals surface area (Å²) >= 11 is 0. The number of rotatable bonds is 11. The Labute approximate surface area is 238 Å². The first-order valence-electron chi connectivity index (χ1n) is 13.8. The Balaban J connectivity index is 1.81. The van der Waals surface area contributed by atoms with Crippen molar-refractivity contribution < 1.29 is 27.6 Å². The first kappa shape index (κ1) is 29.9. The third-order valence-electron chi connectivity index (χ3n) is 7.37. The van der Waals surface area contributed by atoms with Gasteiger partial charge in [0.15, 0.2) is 0 Å². The van der Waals surface area contributed by atoms with E-state index in [4.69, 9.17) is 0 Å². The zero-order valence-electron chi connectivity index (χ0n) is 23.3. The molecule has 2 atom stereocenters. The van der Waals surface area contributed by atoms with E-state index in [0.717, 1.165) is 24.5 Å². The SMILES string of the molecule is C=CCN1C(=O)N[C@H](c2ccccc2C(F)(F)F)C2=C1CN([C@@H](Cc1ccccc1)C(=O)N(CCC)CCC)C2=O. The van der Waals surface area contributed by atoms with Gasteiger partial charge in [0.1, 0.15) is 6.04 Å². The molecular weight excluding hydrogens is 533 g/mol. The molecule has 0 radical (unpaired) electrons. The van der Waals surface area contributed by atoms with E-state index in [1.165, 1.54) is 34.1 Å². The van der Waals surface area contributed by atoms with Gasteiger partial charge in [-0.15, -0.1) is 6.58 Å². The second kappa shape index (κ2) is 12.6. The fraction of sp³-hybridized carbons (Fsp3) is 0.387. The number of nitrogens with one attached hydrogen (secondary N) is 1. The molecule has 2 aromatic rings. The molecule has 0 fully saturated rings. The van der Waals surface area contributed by atoms with Crippen LogP contribution in [-0.4, -0.2) is 64.8 Å². The molecule has 7 nitrogen and oxygen atoms in total. The zero-order valence-corrected chi connectivity index (χ0v) is 23.3. The van der Waals surface area contributed by atoms with Crippen molar-refractivity contribution in [2.45, 2.75) is 51.4 Å². The van der Waals surface area contributed by atoms with E-state index in [0.29, 0.717) is 13.1 Å². The Kier molecular flexibility index (Phi) is 9.20. The van der Waals surface area contributed by atoms with Gasteiger partial charge < -0.3 is 15.1 Å². The number of alkyl halides is 3. The normalized spacial score (nSPS) is 17.8. The third kappa shape index (κ3) is 6.16. The predicted octanol–water partition coefficient (Wildman–Crippen LogP) is 5.31. The van der Waals surface area contributed by atoms with E-state index < -0.39 is 35.8 Å². The Morgan fingerprint density at radius 2 is 1.71 bits per heavy atom. The molecule has 2 aromatic carbocycles. The quantitative estimate of drug-likeness (QED) is 0.374. The number of halogens is 3. The molecule has 2 aliphatic rings. The van der Waals surface area contributed by atoms with E-state index >= 15 is 0 Å². The molecule has 2 aliphatic heterocycles. The third-order valence-corrected chi connectivity index (χ3v) is 7.37. The standard InChI is InChI=1S/C31H35F3N4O3/c1-4-16-36(17-5-2)28(39)24(19-21-12-8-7-9-13-21)38-20-25-26(29(38)40)27(35-30(41)37(25)18-6-3)22-14-10-11-15-23(22)31(32,33)34/h6-15,24,27H,3-5,16-20H2,1-2H3,(H,35,41)/t24-,27+/m0/s1. The van der Waals surface area contributed by atoms with E-state index in [1.807, 2.05) is 44.2 Å². The molecule has 2 heterocycles. The van der Waals surface area contributed by atoms with Crippen LogP contribution in [0.5, 0.6) is 0 Å². The fourth-order valence-electron chi connectivity index (χ4n) is 5.58. The van der Waals surface area contributed by atoms with E-state index in [1.54, 1.807) is 4.90 Å². The van der Waals surface area contributed by atoms with Crippen molar-refractivity contribution in [2.24, 2.45) is 0 Å². The Morgan fingerprint density at radius 1 is 1.07 bits per heavy atom. The summed E-state index contributed by atoms with van der Waals surface area (Å²) in [5.74, 6) is -0.800. The van der Waals surface area contributed by atoms with Gasteiger partial charge in [0.25, 0.3) is 5.91 Å². The molecule has 0 saturated heterocycles. The summed E-state index contributed by atoms with van der Waals surface area (Å²) in [4.78, 5) is 45.9. The summed E-state index contributed by atoms with van der Waals surface area (Å²) in [5, 5.41) is 2.62. The van der Waals surface area contributed by atoms with Crippen molar-refractivity contribution in [1.29, 1.82) is 0 Å². The lowest BCUT2D eigenvalue weighted by molar-refractivity contribution is -0.143. The number of urea groups is 1. The van der Waals surface area contributed by atoms with Crippen LogP contribution in [0.1, 0.15) is 49.4 Å². The number of benzene rings is 2. The summed E-state index contributed by atoms with van der Waals surface area (Å²) in [6.45, 7) is 8.62. The van der Waals surface area contributed by atoms with Crippen LogP contribution in [0.15, 0.2) is 78.5 Å². The summed E-state index contributed by atoms with van der Waals surface area (Å²) < 4.78 is 42.1. The average molecular weight is 569 g/mol. The Hall–Kier alpha value is -4.08. The molecule has 41 heavy (non-hydrogen) atoms. The van der Waals surface area contributed by atoms with Gasteiger partial charge in [-0.1, -0.05) is 68.5 Å². The number of nitrogens with zero attached hydrogens (tertiary/aromatic N) is 3. The van der Waals surface area contributed by atoms with Crippen LogP contribution in [0.3, 0.4) is 0 Å². The maximum atomic E-state index is 14.2. The zero-order chi connectivity index (χ0) is 29.7. The van der Waals surface area contributed by atoms with Gasteiger partial charge in [0, 0.05) is 26.1 Å². The van der Waals surface area contributed by atoms with Gasteiger partial charge in [-0.2, -0.15) is 13.2 Å². The molecule has 0 aliphatic carbocycles. The van der Waals surface area contributed by atoms with Gasteiger partial charge in [-0.3, -0.25) is 14.5 Å². The Morgan fingerprint density at radius 3 is 2.32 bits per heavy atom. The summed E-state index contributed by atoms with van der Waals surface area (Å²) in [6, 6.07) is 11.3. The number of carbonyl (C=O) groups is 3. The molecule has 0 unspecified atom stereocenters. The van der Waals surface area contributed by atoms with E-state index in [9.17, 15) is 27.6 Å². The maximum Gasteiger partial charge on any atom is 0.416 e. The van der Waals surface area contributed by atoms with Crippen molar-refractivity contribution in [2.75, 3.05) is 26.2 Å². The molecule has 4 amide bonds. The van der Waals surface area contributed by atoms with Crippen LogP contribution in [0.2, 0.25) is 0 Å².